The van der Waals surface area contributed by atoms with Crippen LogP contribution in [0.1, 0.15) is 51.0 Å². The number of furan rings is 1. The first-order valence-electron chi connectivity index (χ1n) is 10.1. The number of nitrogens with one attached hydrogen (secondary N) is 2. The van der Waals surface area contributed by atoms with Crippen molar-refractivity contribution in [2.45, 2.75) is 25.9 Å². The summed E-state index contributed by atoms with van der Waals surface area (Å²) in [7, 11) is 0. The molecule has 0 aliphatic rings. The molecule has 0 saturated heterocycles. The maximum Gasteiger partial charge on any atom is 0.338 e. The molecule has 7 heteroatoms. The average molecular weight is 420 g/mol. The summed E-state index contributed by atoms with van der Waals surface area (Å²) in [6.45, 7) is 2.40. The lowest BCUT2D eigenvalue weighted by molar-refractivity contribution is 0.0499. The fourth-order valence-corrected chi connectivity index (χ4v) is 2.81. The number of unbranched alkanes of at least 4 members (excludes halogenated alkanes) is 1. The number of hydrogen-bond donors (Lipinski definition) is 2. The Morgan fingerprint density at radius 2 is 1.68 bits per heavy atom. The quantitative estimate of drug-likeness (QED) is 0.220. The van der Waals surface area contributed by atoms with Gasteiger partial charge in [-0.15, -0.1) is 0 Å². The average Bonchev–Trinajstić information content (AvgIpc) is 3.34. The summed E-state index contributed by atoms with van der Waals surface area (Å²) < 4.78 is 10.3. The highest BCUT2D eigenvalue weighted by Gasteiger charge is 2.23. The van der Waals surface area contributed by atoms with Gasteiger partial charge in [0.1, 0.15) is 0 Å². The normalized spacial score (nSPS) is 11.4. The van der Waals surface area contributed by atoms with Gasteiger partial charge in [0.2, 0.25) is 5.78 Å². The van der Waals surface area contributed by atoms with E-state index in [1.165, 1.54) is 12.3 Å². The molecule has 0 aliphatic carbocycles. The smallest absolute Gasteiger partial charge is 0.338 e. The van der Waals surface area contributed by atoms with E-state index in [4.69, 9.17) is 9.15 Å². The Morgan fingerprint density at radius 1 is 0.935 bits per heavy atom. The van der Waals surface area contributed by atoms with Crippen molar-refractivity contribution in [2.75, 3.05) is 11.9 Å². The molecule has 2 aromatic carbocycles. The number of amides is 1. The Bertz CT molecular complexity index is 998. The molecule has 0 spiro atoms. The summed E-state index contributed by atoms with van der Waals surface area (Å²) >= 11 is 0. The van der Waals surface area contributed by atoms with Crippen LogP contribution < -0.4 is 10.6 Å². The van der Waals surface area contributed by atoms with Crippen LogP contribution in [-0.2, 0) is 4.74 Å². The van der Waals surface area contributed by atoms with Crippen molar-refractivity contribution < 1.29 is 23.5 Å². The summed E-state index contributed by atoms with van der Waals surface area (Å²) in [6, 6.07) is 18.3. The number of rotatable bonds is 10. The molecule has 1 atom stereocenters. The van der Waals surface area contributed by atoms with Gasteiger partial charge < -0.3 is 19.8 Å². The summed E-state index contributed by atoms with van der Waals surface area (Å²) in [5.41, 5.74) is 1.40. The van der Waals surface area contributed by atoms with Crippen LogP contribution in [0.15, 0.2) is 77.4 Å². The van der Waals surface area contributed by atoms with E-state index >= 15 is 0 Å². The number of anilines is 1. The Labute approximate surface area is 180 Å². The molecule has 0 unspecified atom stereocenters. The van der Waals surface area contributed by atoms with E-state index in [1.54, 1.807) is 60.7 Å². The zero-order valence-electron chi connectivity index (χ0n) is 17.2. The van der Waals surface area contributed by atoms with Gasteiger partial charge in [-0.2, -0.15) is 0 Å². The standard InChI is InChI=1S/C24H24N2O5/c1-2-3-15-31-24(29)18-11-13-19(14-12-18)25-22(21(27)17-8-5-4-6-9-17)26-23(28)20-10-7-16-30-20/h4-14,16,22,25H,2-3,15H2,1H3,(H,26,28)/t22-/m1/s1. The second kappa shape index (κ2) is 10.8. The third-order valence-electron chi connectivity index (χ3n) is 4.50. The van der Waals surface area contributed by atoms with E-state index in [2.05, 4.69) is 10.6 Å². The van der Waals surface area contributed by atoms with Crippen LogP contribution in [0.3, 0.4) is 0 Å². The molecule has 1 aromatic heterocycles. The van der Waals surface area contributed by atoms with Gasteiger partial charge in [0, 0.05) is 11.3 Å². The van der Waals surface area contributed by atoms with Crippen molar-refractivity contribution in [2.24, 2.45) is 0 Å². The number of ketones is 1. The van der Waals surface area contributed by atoms with Crippen molar-refractivity contribution in [3.05, 3.63) is 89.9 Å². The van der Waals surface area contributed by atoms with E-state index in [9.17, 15) is 14.4 Å². The summed E-state index contributed by atoms with van der Waals surface area (Å²) in [5.74, 6) is -1.15. The molecular formula is C24H24N2O5. The fraction of sp³-hybridized carbons (Fsp3) is 0.208. The molecule has 0 aliphatic heterocycles. The molecule has 3 aromatic rings. The van der Waals surface area contributed by atoms with Crippen LogP contribution in [0.5, 0.6) is 0 Å². The number of carbonyl (C=O) groups excluding carboxylic acids is 3. The Kier molecular flexibility index (Phi) is 7.59. The topological polar surface area (TPSA) is 97.6 Å². The van der Waals surface area contributed by atoms with Gasteiger partial charge in [0.25, 0.3) is 5.91 Å². The summed E-state index contributed by atoms with van der Waals surface area (Å²) in [6.07, 6.45) is 2.09. The minimum absolute atomic E-state index is 0.0952. The summed E-state index contributed by atoms with van der Waals surface area (Å²) in [5, 5.41) is 5.67. The number of Topliss-reactive ketones (excluding diaryl/α,β-unsaturated/α-hetero) is 1. The Hall–Kier alpha value is -3.87. The van der Waals surface area contributed by atoms with Crippen LogP contribution in [0, 0.1) is 0 Å². The minimum Gasteiger partial charge on any atom is -0.462 e. The molecule has 7 nitrogen and oxygen atoms in total. The molecule has 1 amide bonds. The zero-order chi connectivity index (χ0) is 22.1. The highest BCUT2D eigenvalue weighted by atomic mass is 16.5. The van der Waals surface area contributed by atoms with Crippen molar-refractivity contribution in [1.82, 2.24) is 5.32 Å². The highest BCUT2D eigenvalue weighted by molar-refractivity contribution is 6.04. The second-order valence-corrected chi connectivity index (χ2v) is 6.83. The van der Waals surface area contributed by atoms with Crippen LogP contribution in [0.2, 0.25) is 0 Å². The maximum absolute atomic E-state index is 13.0. The monoisotopic (exact) mass is 420 g/mol. The molecule has 1 heterocycles. The lowest BCUT2D eigenvalue weighted by Gasteiger charge is -2.20. The SMILES string of the molecule is CCCCOC(=O)c1ccc(N[C@H](NC(=O)c2ccco2)C(=O)c2ccccc2)cc1. The molecule has 160 valence electrons. The van der Waals surface area contributed by atoms with Crippen LogP contribution in [0.4, 0.5) is 5.69 Å². The van der Waals surface area contributed by atoms with Gasteiger partial charge in [-0.05, 0) is 42.8 Å². The van der Waals surface area contributed by atoms with Crippen molar-refractivity contribution >= 4 is 23.3 Å². The molecule has 0 radical (unpaired) electrons. The Morgan fingerprint density at radius 3 is 2.32 bits per heavy atom. The first-order chi connectivity index (χ1) is 15.1. The predicted molar refractivity (Wildman–Crippen MR) is 116 cm³/mol. The molecule has 0 fully saturated rings. The van der Waals surface area contributed by atoms with Gasteiger partial charge in [-0.1, -0.05) is 43.7 Å². The number of carbonyl (C=O) groups is 3. The van der Waals surface area contributed by atoms with Gasteiger partial charge in [0.15, 0.2) is 11.9 Å². The van der Waals surface area contributed by atoms with Crippen molar-refractivity contribution in [1.29, 1.82) is 0 Å². The van der Waals surface area contributed by atoms with Crippen LogP contribution in [0.25, 0.3) is 0 Å². The van der Waals surface area contributed by atoms with Crippen LogP contribution in [-0.4, -0.2) is 30.4 Å². The van der Waals surface area contributed by atoms with E-state index in [-0.39, 0.29) is 11.5 Å². The minimum atomic E-state index is -1.04. The first-order valence-corrected chi connectivity index (χ1v) is 10.1. The largest absolute Gasteiger partial charge is 0.462 e. The predicted octanol–water partition coefficient (Wildman–Crippen LogP) is 4.29. The number of hydrogen-bond acceptors (Lipinski definition) is 6. The molecule has 2 N–H and O–H groups in total. The van der Waals surface area contributed by atoms with Gasteiger partial charge >= 0.3 is 5.97 Å². The van der Waals surface area contributed by atoms with E-state index < -0.39 is 18.0 Å². The molecule has 0 saturated carbocycles. The maximum atomic E-state index is 13.0. The Balaban J connectivity index is 1.74. The molecule has 3 rings (SSSR count). The van der Waals surface area contributed by atoms with Crippen molar-refractivity contribution in [3.8, 4) is 0 Å². The molecular weight excluding hydrogens is 396 g/mol. The fourth-order valence-electron chi connectivity index (χ4n) is 2.81. The first kappa shape index (κ1) is 21.8. The zero-order valence-corrected chi connectivity index (χ0v) is 17.2. The van der Waals surface area contributed by atoms with Crippen molar-refractivity contribution in [3.63, 3.8) is 0 Å². The lowest BCUT2D eigenvalue weighted by Crippen LogP contribution is -2.46. The highest BCUT2D eigenvalue weighted by Crippen LogP contribution is 2.14. The van der Waals surface area contributed by atoms with Gasteiger partial charge in [-0.3, -0.25) is 9.59 Å². The number of ether oxygens (including phenoxy) is 1. The van der Waals surface area contributed by atoms with E-state index in [1.807, 2.05) is 6.92 Å². The number of benzene rings is 2. The molecule has 0 bridgehead atoms. The lowest BCUT2D eigenvalue weighted by atomic mass is 10.1. The van der Waals surface area contributed by atoms with Crippen LogP contribution >= 0.6 is 0 Å². The van der Waals surface area contributed by atoms with Gasteiger partial charge in [-0.25, -0.2) is 4.79 Å². The van der Waals surface area contributed by atoms with Gasteiger partial charge in [0.05, 0.1) is 18.4 Å². The second-order valence-electron chi connectivity index (χ2n) is 6.83. The van der Waals surface area contributed by atoms with E-state index in [0.717, 1.165) is 12.8 Å². The summed E-state index contributed by atoms with van der Waals surface area (Å²) in [4.78, 5) is 37.5. The third-order valence-corrected chi connectivity index (χ3v) is 4.50. The molecule has 31 heavy (non-hydrogen) atoms. The third kappa shape index (κ3) is 6.05. The van der Waals surface area contributed by atoms with E-state index in [0.29, 0.717) is 23.4 Å². The number of esters is 1.